The van der Waals surface area contributed by atoms with E-state index in [9.17, 15) is 5.11 Å². The molecule has 0 spiro atoms. The number of aliphatic hydroxyl groups excluding tert-OH is 1. The molecule has 1 fully saturated rings. The predicted octanol–water partition coefficient (Wildman–Crippen LogP) is 2.95. The van der Waals surface area contributed by atoms with Gasteiger partial charge in [0.25, 0.3) is 0 Å². The van der Waals surface area contributed by atoms with E-state index in [2.05, 4.69) is 27.9 Å². The summed E-state index contributed by atoms with van der Waals surface area (Å²) in [4.78, 5) is 2.17. The van der Waals surface area contributed by atoms with Crippen LogP contribution in [0, 0.1) is 0 Å². The van der Waals surface area contributed by atoms with Gasteiger partial charge in [-0.2, -0.15) is 0 Å². The van der Waals surface area contributed by atoms with Crippen molar-refractivity contribution >= 4 is 21.6 Å². The molecular formula is C14H20BrNO2. The molecule has 1 aromatic carbocycles. The molecule has 2 rings (SSSR count). The Morgan fingerprint density at radius 1 is 1.44 bits per heavy atom. The van der Waals surface area contributed by atoms with E-state index < -0.39 is 0 Å². The number of benzene rings is 1. The first-order chi connectivity index (χ1) is 8.70. The molecular weight excluding hydrogens is 294 g/mol. The minimum Gasteiger partial charge on any atom is -0.392 e. The molecule has 18 heavy (non-hydrogen) atoms. The molecule has 0 radical (unpaired) electrons. The van der Waals surface area contributed by atoms with Crippen molar-refractivity contribution < 1.29 is 9.84 Å². The van der Waals surface area contributed by atoms with Gasteiger partial charge in [-0.05, 0) is 37.5 Å². The fraction of sp³-hybridized carbons (Fsp3) is 0.571. The first-order valence-corrected chi connectivity index (χ1v) is 7.22. The van der Waals surface area contributed by atoms with Crippen LogP contribution in [-0.2, 0) is 11.3 Å². The van der Waals surface area contributed by atoms with Crippen molar-refractivity contribution in [1.82, 2.24) is 0 Å². The lowest BCUT2D eigenvalue weighted by atomic mass is 10.1. The summed E-state index contributed by atoms with van der Waals surface area (Å²) < 4.78 is 6.75. The third-order valence-electron chi connectivity index (χ3n) is 3.37. The largest absolute Gasteiger partial charge is 0.392 e. The Morgan fingerprint density at radius 2 is 2.28 bits per heavy atom. The number of anilines is 1. The molecule has 0 saturated carbocycles. The van der Waals surface area contributed by atoms with E-state index >= 15 is 0 Å². The SMILES string of the molecule is CN(CC1CCCCO1)c1ccc(Br)cc1CO. The maximum absolute atomic E-state index is 9.42. The zero-order chi connectivity index (χ0) is 13.0. The number of hydrogen-bond donors (Lipinski definition) is 1. The van der Waals surface area contributed by atoms with Crippen LogP contribution < -0.4 is 4.90 Å². The van der Waals surface area contributed by atoms with Crippen LogP contribution in [-0.4, -0.2) is 31.4 Å². The molecule has 3 nitrogen and oxygen atoms in total. The molecule has 0 aromatic heterocycles. The van der Waals surface area contributed by atoms with Crippen LogP contribution in [0.3, 0.4) is 0 Å². The number of ether oxygens (including phenoxy) is 1. The van der Waals surface area contributed by atoms with Gasteiger partial charge < -0.3 is 14.7 Å². The van der Waals surface area contributed by atoms with Gasteiger partial charge in [0.05, 0.1) is 12.7 Å². The first kappa shape index (κ1) is 13.8. The zero-order valence-electron chi connectivity index (χ0n) is 10.7. The molecule has 1 aromatic rings. The van der Waals surface area contributed by atoms with Crippen molar-refractivity contribution in [2.24, 2.45) is 0 Å². The number of nitrogens with zero attached hydrogens (tertiary/aromatic N) is 1. The van der Waals surface area contributed by atoms with Crippen LogP contribution in [0.2, 0.25) is 0 Å². The normalized spacial score (nSPS) is 19.8. The second-order valence-corrected chi connectivity index (χ2v) is 5.72. The van der Waals surface area contributed by atoms with Crippen LogP contribution >= 0.6 is 15.9 Å². The van der Waals surface area contributed by atoms with Crippen molar-refractivity contribution in [1.29, 1.82) is 0 Å². The number of rotatable bonds is 4. The Morgan fingerprint density at radius 3 is 2.94 bits per heavy atom. The molecule has 100 valence electrons. The summed E-state index contributed by atoms with van der Waals surface area (Å²) in [5, 5.41) is 9.42. The Balaban J connectivity index is 2.05. The minimum absolute atomic E-state index is 0.0602. The summed E-state index contributed by atoms with van der Waals surface area (Å²) in [7, 11) is 2.06. The average molecular weight is 314 g/mol. The van der Waals surface area contributed by atoms with Crippen molar-refractivity contribution in [3.63, 3.8) is 0 Å². The van der Waals surface area contributed by atoms with Gasteiger partial charge in [0.2, 0.25) is 0 Å². The van der Waals surface area contributed by atoms with Gasteiger partial charge in [-0.15, -0.1) is 0 Å². The van der Waals surface area contributed by atoms with Gasteiger partial charge >= 0.3 is 0 Å². The lowest BCUT2D eigenvalue weighted by Gasteiger charge is -2.29. The molecule has 1 aliphatic heterocycles. The van der Waals surface area contributed by atoms with Crippen LogP contribution in [0.15, 0.2) is 22.7 Å². The molecule has 1 N–H and O–H groups in total. The Kier molecular flexibility index (Phi) is 5.03. The fourth-order valence-electron chi connectivity index (χ4n) is 2.41. The first-order valence-electron chi connectivity index (χ1n) is 6.42. The standard InChI is InChI=1S/C14H20BrNO2/c1-16(9-13-4-2-3-7-18-13)14-6-5-12(15)8-11(14)10-17/h5-6,8,13,17H,2-4,7,9-10H2,1H3. The zero-order valence-corrected chi connectivity index (χ0v) is 12.3. The van der Waals surface area contributed by atoms with Crippen molar-refractivity contribution in [3.8, 4) is 0 Å². The van der Waals surface area contributed by atoms with Gasteiger partial charge in [-0.25, -0.2) is 0 Å². The summed E-state index contributed by atoms with van der Waals surface area (Å²) in [6.07, 6.45) is 3.89. The summed E-state index contributed by atoms with van der Waals surface area (Å²) in [6, 6.07) is 6.01. The maximum Gasteiger partial charge on any atom is 0.0749 e. The van der Waals surface area contributed by atoms with E-state index in [4.69, 9.17) is 4.74 Å². The van der Waals surface area contributed by atoms with Gasteiger partial charge in [0.15, 0.2) is 0 Å². The van der Waals surface area contributed by atoms with Crippen molar-refractivity contribution in [3.05, 3.63) is 28.2 Å². The smallest absolute Gasteiger partial charge is 0.0749 e. The summed E-state index contributed by atoms with van der Waals surface area (Å²) in [6.45, 7) is 1.82. The van der Waals surface area contributed by atoms with Gasteiger partial charge in [-0.1, -0.05) is 15.9 Å². The van der Waals surface area contributed by atoms with E-state index in [-0.39, 0.29) is 6.61 Å². The highest BCUT2D eigenvalue weighted by atomic mass is 79.9. The van der Waals surface area contributed by atoms with Crippen LogP contribution in [0.25, 0.3) is 0 Å². The highest BCUT2D eigenvalue weighted by Crippen LogP contribution is 2.25. The van der Waals surface area contributed by atoms with E-state index in [1.165, 1.54) is 12.8 Å². The minimum atomic E-state index is 0.0602. The molecule has 0 aliphatic carbocycles. The van der Waals surface area contributed by atoms with Gasteiger partial charge in [0, 0.05) is 35.9 Å². The number of aliphatic hydroxyl groups is 1. The van der Waals surface area contributed by atoms with E-state index in [1.54, 1.807) is 0 Å². The van der Waals surface area contributed by atoms with Crippen LogP contribution in [0.5, 0.6) is 0 Å². The van der Waals surface area contributed by atoms with Crippen molar-refractivity contribution in [2.75, 3.05) is 25.1 Å². The van der Waals surface area contributed by atoms with Gasteiger partial charge in [-0.3, -0.25) is 0 Å². The predicted molar refractivity (Wildman–Crippen MR) is 76.9 cm³/mol. The molecule has 1 aliphatic rings. The van der Waals surface area contributed by atoms with E-state index in [1.807, 2.05) is 18.2 Å². The Hall–Kier alpha value is -0.580. The third-order valence-corrected chi connectivity index (χ3v) is 3.87. The lowest BCUT2D eigenvalue weighted by Crippen LogP contribution is -2.33. The molecule has 1 heterocycles. The highest BCUT2D eigenvalue weighted by molar-refractivity contribution is 9.10. The quantitative estimate of drug-likeness (QED) is 0.927. The molecule has 1 atom stereocenters. The fourth-order valence-corrected chi connectivity index (χ4v) is 2.82. The molecule has 1 saturated heterocycles. The average Bonchev–Trinajstić information content (AvgIpc) is 2.39. The monoisotopic (exact) mass is 313 g/mol. The number of hydrogen-bond acceptors (Lipinski definition) is 3. The number of halogens is 1. The number of likely N-dealkylation sites (N-methyl/N-ethyl adjacent to an activating group) is 1. The van der Waals surface area contributed by atoms with E-state index in [0.717, 1.165) is 35.3 Å². The maximum atomic E-state index is 9.42. The lowest BCUT2D eigenvalue weighted by molar-refractivity contribution is 0.0216. The van der Waals surface area contributed by atoms with Crippen LogP contribution in [0.1, 0.15) is 24.8 Å². The highest BCUT2D eigenvalue weighted by Gasteiger charge is 2.17. The Bertz CT molecular complexity index is 391. The molecule has 0 amide bonds. The molecule has 0 bridgehead atoms. The topological polar surface area (TPSA) is 32.7 Å². The van der Waals surface area contributed by atoms with Crippen molar-refractivity contribution in [2.45, 2.75) is 32.0 Å². The second-order valence-electron chi connectivity index (χ2n) is 4.80. The molecule has 1 unspecified atom stereocenters. The van der Waals surface area contributed by atoms with Gasteiger partial charge in [0.1, 0.15) is 0 Å². The molecule has 4 heteroatoms. The summed E-state index contributed by atoms with van der Waals surface area (Å²) in [5.74, 6) is 0. The Labute approximate surface area is 117 Å². The third kappa shape index (κ3) is 3.46. The second kappa shape index (κ2) is 6.55. The summed E-state index contributed by atoms with van der Waals surface area (Å²) >= 11 is 3.43. The van der Waals surface area contributed by atoms with E-state index in [0.29, 0.717) is 6.10 Å². The van der Waals surface area contributed by atoms with Crippen LogP contribution in [0.4, 0.5) is 5.69 Å². The summed E-state index contributed by atoms with van der Waals surface area (Å²) in [5.41, 5.74) is 2.03.